The SMILES string of the molecule is CCN(CC)CCN1c2cc(Cl)ccc2S[C@H]2[C@@H](O)[C@H](O)[C@H](COC(c3ccccc3)(c3ccccc3)c3ccccc3)O[C@H]21.Cl. The van der Waals surface area contributed by atoms with Crippen molar-refractivity contribution in [1.82, 2.24) is 4.90 Å². The van der Waals surface area contributed by atoms with Crippen LogP contribution < -0.4 is 4.90 Å². The Balaban J connectivity index is 0.00000417. The molecule has 6 nitrogen and oxygen atoms in total. The molecule has 0 saturated carbocycles. The van der Waals surface area contributed by atoms with E-state index in [9.17, 15) is 10.2 Å². The predicted octanol–water partition coefficient (Wildman–Crippen LogP) is 6.84. The fraction of sp³-hybridized carbons (Fsp3) is 0.351. The molecule has 244 valence electrons. The quantitative estimate of drug-likeness (QED) is 0.168. The van der Waals surface area contributed by atoms with Crippen molar-refractivity contribution in [2.24, 2.45) is 0 Å². The van der Waals surface area contributed by atoms with Crippen molar-refractivity contribution < 1.29 is 19.7 Å². The largest absolute Gasteiger partial charge is 0.389 e. The van der Waals surface area contributed by atoms with E-state index in [4.69, 9.17) is 21.1 Å². The van der Waals surface area contributed by atoms with Crippen molar-refractivity contribution in [3.8, 4) is 0 Å². The molecule has 0 amide bonds. The standard InChI is InChI=1S/C37H41ClN2O4S.ClH/c1-3-39(4-2)22-23-40-30-24-29(38)20-21-32(30)45-35-34(42)33(41)31(44-36(35)40)25-43-37(26-14-8-5-9-15-26,27-16-10-6-11-17-27)28-18-12-7-13-19-28;/h5-21,24,31,33-36,41-42H,3-4,22-23,25H2,1-2H3;1H/t31-,33+,34-,35-,36+;/m0./s1. The van der Waals surface area contributed by atoms with E-state index in [1.165, 1.54) is 11.8 Å². The van der Waals surface area contributed by atoms with Crippen LogP contribution in [0, 0.1) is 0 Å². The van der Waals surface area contributed by atoms with Gasteiger partial charge in [-0.1, -0.05) is 116 Å². The average Bonchev–Trinajstić information content (AvgIpc) is 3.09. The van der Waals surface area contributed by atoms with E-state index >= 15 is 0 Å². The van der Waals surface area contributed by atoms with Crippen LogP contribution in [0.2, 0.25) is 5.02 Å². The van der Waals surface area contributed by atoms with Gasteiger partial charge in [0.25, 0.3) is 0 Å². The Hall–Kier alpha value is -2.59. The summed E-state index contributed by atoms with van der Waals surface area (Å²) in [5.74, 6) is 0. The summed E-state index contributed by atoms with van der Waals surface area (Å²) in [4.78, 5) is 5.59. The van der Waals surface area contributed by atoms with Crippen molar-refractivity contribution in [3.05, 3.63) is 131 Å². The number of hydrogen-bond donors (Lipinski definition) is 2. The lowest BCUT2D eigenvalue weighted by molar-refractivity contribution is -0.191. The summed E-state index contributed by atoms with van der Waals surface area (Å²) in [6, 6.07) is 36.3. The van der Waals surface area contributed by atoms with Crippen LogP contribution in [-0.4, -0.2) is 77.7 Å². The molecule has 6 rings (SSSR count). The average molecular weight is 682 g/mol. The van der Waals surface area contributed by atoms with Crippen molar-refractivity contribution in [3.63, 3.8) is 0 Å². The zero-order valence-electron chi connectivity index (χ0n) is 26.1. The summed E-state index contributed by atoms with van der Waals surface area (Å²) in [5, 5.41) is 23.4. The van der Waals surface area contributed by atoms with Gasteiger partial charge in [-0.25, -0.2) is 0 Å². The fourth-order valence-electron chi connectivity index (χ4n) is 6.55. The second kappa shape index (κ2) is 15.5. The Morgan fingerprint density at radius 1 is 0.826 bits per heavy atom. The Labute approximate surface area is 287 Å². The number of thioether (sulfide) groups is 1. The van der Waals surface area contributed by atoms with E-state index in [1.54, 1.807) is 0 Å². The van der Waals surface area contributed by atoms with Crippen LogP contribution in [0.3, 0.4) is 0 Å². The lowest BCUT2D eigenvalue weighted by atomic mass is 9.80. The summed E-state index contributed by atoms with van der Waals surface area (Å²) in [6.07, 6.45) is -3.43. The van der Waals surface area contributed by atoms with Crippen LogP contribution in [0.1, 0.15) is 30.5 Å². The Morgan fingerprint density at radius 2 is 1.37 bits per heavy atom. The first-order chi connectivity index (χ1) is 22.0. The van der Waals surface area contributed by atoms with Crippen molar-refractivity contribution in [2.45, 2.75) is 54.1 Å². The van der Waals surface area contributed by atoms with Gasteiger partial charge in [-0.05, 0) is 48.0 Å². The Bertz CT molecular complexity index is 1430. The number of halogens is 2. The number of fused-ring (bicyclic) bond motifs is 2. The monoisotopic (exact) mass is 680 g/mol. The molecule has 4 aromatic rings. The Kier molecular flexibility index (Phi) is 11.7. The molecule has 2 aliphatic rings. The topological polar surface area (TPSA) is 65.4 Å². The summed E-state index contributed by atoms with van der Waals surface area (Å²) in [7, 11) is 0. The van der Waals surface area contributed by atoms with Gasteiger partial charge in [0, 0.05) is 23.0 Å². The molecular formula is C37H42Cl2N2O4S. The maximum absolute atomic E-state index is 11.6. The molecule has 0 bridgehead atoms. The van der Waals surface area contributed by atoms with Crippen LogP contribution in [0.25, 0.3) is 0 Å². The smallest absolute Gasteiger partial charge is 0.145 e. The van der Waals surface area contributed by atoms with Gasteiger partial charge in [0.05, 0.1) is 23.6 Å². The highest BCUT2D eigenvalue weighted by Crippen LogP contribution is 2.48. The minimum Gasteiger partial charge on any atom is -0.389 e. The zero-order valence-corrected chi connectivity index (χ0v) is 28.5. The predicted molar refractivity (Wildman–Crippen MR) is 189 cm³/mol. The van der Waals surface area contributed by atoms with E-state index < -0.39 is 30.1 Å². The minimum atomic E-state index is -1.14. The van der Waals surface area contributed by atoms with Gasteiger partial charge in [0.1, 0.15) is 24.0 Å². The molecule has 2 aliphatic heterocycles. The highest BCUT2D eigenvalue weighted by atomic mass is 35.5. The molecule has 46 heavy (non-hydrogen) atoms. The number of likely N-dealkylation sites (N-methyl/N-ethyl adjacent to an activating group) is 1. The molecule has 0 aromatic heterocycles. The molecule has 2 heterocycles. The molecule has 2 N–H and O–H groups in total. The number of ether oxygens (including phenoxy) is 2. The van der Waals surface area contributed by atoms with Crippen molar-refractivity contribution in [1.29, 1.82) is 0 Å². The van der Waals surface area contributed by atoms with Crippen LogP contribution in [0.15, 0.2) is 114 Å². The van der Waals surface area contributed by atoms with Gasteiger partial charge < -0.3 is 29.5 Å². The molecule has 1 saturated heterocycles. The highest BCUT2D eigenvalue weighted by Gasteiger charge is 2.51. The van der Waals surface area contributed by atoms with Crippen molar-refractivity contribution in [2.75, 3.05) is 37.7 Å². The number of anilines is 1. The minimum absolute atomic E-state index is 0. The number of hydrogen-bond acceptors (Lipinski definition) is 7. The van der Waals surface area contributed by atoms with Gasteiger partial charge >= 0.3 is 0 Å². The van der Waals surface area contributed by atoms with Crippen molar-refractivity contribution >= 4 is 41.5 Å². The van der Waals surface area contributed by atoms with Gasteiger partial charge in [-0.3, -0.25) is 0 Å². The summed E-state index contributed by atoms with van der Waals surface area (Å²) < 4.78 is 13.8. The van der Waals surface area contributed by atoms with Crippen LogP contribution in [0.5, 0.6) is 0 Å². The second-order valence-electron chi connectivity index (χ2n) is 11.6. The number of aliphatic hydroxyl groups is 2. The molecule has 0 unspecified atom stereocenters. The third-order valence-electron chi connectivity index (χ3n) is 9.02. The van der Waals surface area contributed by atoms with Crippen LogP contribution in [-0.2, 0) is 15.1 Å². The van der Waals surface area contributed by atoms with E-state index in [1.807, 2.05) is 72.8 Å². The Morgan fingerprint density at radius 3 is 1.89 bits per heavy atom. The molecule has 0 spiro atoms. The molecule has 0 aliphatic carbocycles. The molecular weight excluding hydrogens is 639 g/mol. The van der Waals surface area contributed by atoms with E-state index in [-0.39, 0.29) is 24.3 Å². The number of benzene rings is 4. The van der Waals surface area contributed by atoms with Gasteiger partial charge in [-0.2, -0.15) is 0 Å². The van der Waals surface area contributed by atoms with Gasteiger partial charge in [0.2, 0.25) is 0 Å². The maximum atomic E-state index is 11.6. The first-order valence-corrected chi connectivity index (χ1v) is 17.0. The second-order valence-corrected chi connectivity index (χ2v) is 13.2. The number of rotatable bonds is 11. The maximum Gasteiger partial charge on any atom is 0.145 e. The third-order valence-corrected chi connectivity index (χ3v) is 10.6. The third kappa shape index (κ3) is 6.84. The molecule has 9 heteroatoms. The van der Waals surface area contributed by atoms with Gasteiger partial charge in [-0.15, -0.1) is 24.2 Å². The summed E-state index contributed by atoms with van der Waals surface area (Å²) >= 11 is 8.03. The number of aliphatic hydroxyl groups excluding tert-OH is 2. The zero-order chi connectivity index (χ0) is 31.4. The lowest BCUT2D eigenvalue weighted by Crippen LogP contribution is -2.64. The first-order valence-electron chi connectivity index (χ1n) is 15.7. The fourth-order valence-corrected chi connectivity index (χ4v) is 8.08. The highest BCUT2D eigenvalue weighted by molar-refractivity contribution is 8.00. The first kappa shape index (κ1) is 34.7. The summed E-state index contributed by atoms with van der Waals surface area (Å²) in [6.45, 7) is 7.77. The molecule has 1 fully saturated rings. The normalized spacial score (nSPS) is 22.6. The van der Waals surface area contributed by atoms with E-state index in [0.29, 0.717) is 11.6 Å². The van der Waals surface area contributed by atoms with Gasteiger partial charge in [0.15, 0.2) is 0 Å². The molecule has 4 aromatic carbocycles. The summed E-state index contributed by atoms with van der Waals surface area (Å²) in [5.41, 5.74) is 2.89. The molecule has 0 radical (unpaired) electrons. The van der Waals surface area contributed by atoms with E-state index in [0.717, 1.165) is 46.9 Å². The van der Waals surface area contributed by atoms with Crippen LogP contribution in [0.4, 0.5) is 5.69 Å². The number of nitrogens with zero attached hydrogens (tertiary/aromatic N) is 2. The lowest BCUT2D eigenvalue weighted by Gasteiger charge is -2.51. The molecule has 5 atom stereocenters. The van der Waals surface area contributed by atoms with E-state index in [2.05, 4.69) is 60.0 Å². The van der Waals surface area contributed by atoms with Crippen LogP contribution >= 0.6 is 35.8 Å².